The molecule has 0 spiro atoms. The SMILES string of the molecule is O=C(O)c1ccc(Cl)cc1NC1CCS(=O)CC1. The highest BCUT2D eigenvalue weighted by atomic mass is 35.5. The van der Waals surface area contributed by atoms with Gasteiger partial charge < -0.3 is 10.4 Å². The Bertz CT molecular complexity index is 482. The molecule has 1 aromatic carbocycles. The van der Waals surface area contributed by atoms with Crippen molar-refractivity contribution in [2.24, 2.45) is 0 Å². The smallest absolute Gasteiger partial charge is 0.337 e. The van der Waals surface area contributed by atoms with Crippen LogP contribution in [-0.2, 0) is 10.8 Å². The molecule has 0 radical (unpaired) electrons. The van der Waals surface area contributed by atoms with Gasteiger partial charge in [-0.25, -0.2) is 4.79 Å². The number of carboxylic acid groups (broad SMARTS) is 1. The Labute approximate surface area is 113 Å². The van der Waals surface area contributed by atoms with Crippen LogP contribution in [0.3, 0.4) is 0 Å². The van der Waals surface area contributed by atoms with Crippen molar-refractivity contribution in [2.45, 2.75) is 18.9 Å². The Hall–Kier alpha value is -1.07. The van der Waals surface area contributed by atoms with E-state index in [1.807, 2.05) is 0 Å². The third kappa shape index (κ3) is 3.23. The largest absolute Gasteiger partial charge is 0.478 e. The summed E-state index contributed by atoms with van der Waals surface area (Å²) >= 11 is 5.88. The van der Waals surface area contributed by atoms with E-state index in [2.05, 4.69) is 5.32 Å². The van der Waals surface area contributed by atoms with Gasteiger partial charge in [0.05, 0.1) is 11.3 Å². The van der Waals surface area contributed by atoms with Gasteiger partial charge in [0.25, 0.3) is 0 Å². The predicted molar refractivity (Wildman–Crippen MR) is 72.9 cm³/mol. The molecule has 0 saturated carbocycles. The first-order valence-electron chi connectivity index (χ1n) is 5.70. The number of nitrogens with one attached hydrogen (secondary N) is 1. The van der Waals surface area contributed by atoms with Crippen molar-refractivity contribution in [1.82, 2.24) is 0 Å². The van der Waals surface area contributed by atoms with Crippen LogP contribution >= 0.6 is 11.6 Å². The number of carboxylic acids is 1. The van der Waals surface area contributed by atoms with E-state index < -0.39 is 16.8 Å². The first-order chi connectivity index (χ1) is 8.56. The van der Waals surface area contributed by atoms with Gasteiger partial charge in [-0.2, -0.15) is 0 Å². The van der Waals surface area contributed by atoms with Crippen LogP contribution in [0.2, 0.25) is 5.02 Å². The first-order valence-corrected chi connectivity index (χ1v) is 7.57. The summed E-state index contributed by atoms with van der Waals surface area (Å²) in [6.45, 7) is 0. The second-order valence-corrected chi connectivity index (χ2v) is 6.39. The molecule has 0 amide bonds. The summed E-state index contributed by atoms with van der Waals surface area (Å²) in [7, 11) is -0.720. The van der Waals surface area contributed by atoms with E-state index in [0.29, 0.717) is 22.2 Å². The molecule has 0 atom stereocenters. The Balaban J connectivity index is 2.15. The van der Waals surface area contributed by atoms with Crippen molar-refractivity contribution in [2.75, 3.05) is 16.8 Å². The molecule has 2 N–H and O–H groups in total. The molecule has 1 aliphatic rings. The molecule has 18 heavy (non-hydrogen) atoms. The van der Waals surface area contributed by atoms with Crippen molar-refractivity contribution < 1.29 is 14.1 Å². The summed E-state index contributed by atoms with van der Waals surface area (Å²) in [4.78, 5) is 11.1. The van der Waals surface area contributed by atoms with E-state index in [1.54, 1.807) is 12.1 Å². The van der Waals surface area contributed by atoms with Crippen LogP contribution in [0.1, 0.15) is 23.2 Å². The summed E-state index contributed by atoms with van der Waals surface area (Å²) in [5.74, 6) is 0.356. The first kappa shape index (κ1) is 13.4. The van der Waals surface area contributed by atoms with E-state index in [9.17, 15) is 9.00 Å². The van der Waals surface area contributed by atoms with Gasteiger partial charge >= 0.3 is 5.97 Å². The molecule has 4 nitrogen and oxygen atoms in total. The normalized spacial score (nSPS) is 23.6. The molecule has 1 aliphatic heterocycles. The summed E-state index contributed by atoms with van der Waals surface area (Å²) in [5, 5.41) is 12.8. The maximum Gasteiger partial charge on any atom is 0.337 e. The molecule has 0 aromatic heterocycles. The van der Waals surface area contributed by atoms with Gasteiger partial charge in [-0.05, 0) is 31.0 Å². The highest BCUT2D eigenvalue weighted by Crippen LogP contribution is 2.24. The van der Waals surface area contributed by atoms with Crippen molar-refractivity contribution in [3.8, 4) is 0 Å². The highest BCUT2D eigenvalue weighted by Gasteiger charge is 2.19. The van der Waals surface area contributed by atoms with E-state index in [-0.39, 0.29) is 11.6 Å². The molecule has 1 fully saturated rings. The molecule has 0 bridgehead atoms. The zero-order valence-electron chi connectivity index (χ0n) is 9.69. The summed E-state index contributed by atoms with van der Waals surface area (Å²) in [6, 6.07) is 4.84. The van der Waals surface area contributed by atoms with Gasteiger partial charge in [0.15, 0.2) is 0 Å². The quantitative estimate of drug-likeness (QED) is 0.896. The topological polar surface area (TPSA) is 66.4 Å². The van der Waals surface area contributed by atoms with Crippen LogP contribution in [0.5, 0.6) is 0 Å². The fraction of sp³-hybridized carbons (Fsp3) is 0.417. The lowest BCUT2D eigenvalue weighted by molar-refractivity contribution is 0.0698. The van der Waals surface area contributed by atoms with Crippen LogP contribution in [-0.4, -0.2) is 32.8 Å². The molecular weight excluding hydrogens is 274 g/mol. The van der Waals surface area contributed by atoms with Crippen LogP contribution in [0.25, 0.3) is 0 Å². The molecule has 0 unspecified atom stereocenters. The number of hydrogen-bond donors (Lipinski definition) is 2. The summed E-state index contributed by atoms with van der Waals surface area (Å²) in [6.07, 6.45) is 1.58. The molecule has 2 rings (SSSR count). The van der Waals surface area contributed by atoms with Crippen LogP contribution < -0.4 is 5.32 Å². The average molecular weight is 288 g/mol. The molecule has 6 heteroatoms. The molecule has 1 heterocycles. The molecule has 0 aliphatic carbocycles. The number of aromatic carboxylic acids is 1. The Morgan fingerprint density at radius 2 is 2.06 bits per heavy atom. The highest BCUT2D eigenvalue weighted by molar-refractivity contribution is 7.85. The summed E-state index contributed by atoms with van der Waals surface area (Å²) in [5.41, 5.74) is 0.749. The lowest BCUT2D eigenvalue weighted by Crippen LogP contribution is -2.30. The Morgan fingerprint density at radius 3 is 2.67 bits per heavy atom. The van der Waals surface area contributed by atoms with Crippen LogP contribution in [0, 0.1) is 0 Å². The van der Waals surface area contributed by atoms with Crippen molar-refractivity contribution in [1.29, 1.82) is 0 Å². The number of carbonyl (C=O) groups is 1. The van der Waals surface area contributed by atoms with Crippen molar-refractivity contribution in [3.63, 3.8) is 0 Å². The van der Waals surface area contributed by atoms with E-state index >= 15 is 0 Å². The predicted octanol–water partition coefficient (Wildman–Crippen LogP) is 2.36. The fourth-order valence-corrected chi connectivity index (χ4v) is 3.45. The van der Waals surface area contributed by atoms with E-state index in [0.717, 1.165) is 12.8 Å². The van der Waals surface area contributed by atoms with E-state index in [1.165, 1.54) is 6.07 Å². The number of rotatable bonds is 3. The minimum absolute atomic E-state index is 0.166. The average Bonchev–Trinajstić information content (AvgIpc) is 2.32. The maximum absolute atomic E-state index is 11.3. The molecule has 1 saturated heterocycles. The Morgan fingerprint density at radius 1 is 1.39 bits per heavy atom. The Kier molecular flexibility index (Phi) is 4.24. The second kappa shape index (κ2) is 5.71. The third-order valence-electron chi connectivity index (χ3n) is 2.96. The fourth-order valence-electron chi connectivity index (χ4n) is 1.98. The minimum atomic E-state index is -0.978. The molecular formula is C12H14ClNO3S. The number of benzene rings is 1. The van der Waals surface area contributed by atoms with Crippen molar-refractivity contribution >= 4 is 34.1 Å². The minimum Gasteiger partial charge on any atom is -0.478 e. The van der Waals surface area contributed by atoms with Gasteiger partial charge in [-0.1, -0.05) is 11.6 Å². The monoisotopic (exact) mass is 287 g/mol. The molecule has 98 valence electrons. The van der Waals surface area contributed by atoms with Crippen molar-refractivity contribution in [3.05, 3.63) is 28.8 Å². The number of hydrogen-bond acceptors (Lipinski definition) is 3. The van der Waals surface area contributed by atoms with Crippen LogP contribution in [0.15, 0.2) is 18.2 Å². The third-order valence-corrected chi connectivity index (χ3v) is 4.58. The summed E-state index contributed by atoms with van der Waals surface area (Å²) < 4.78 is 11.3. The van der Waals surface area contributed by atoms with Gasteiger partial charge in [-0.15, -0.1) is 0 Å². The molecule has 1 aromatic rings. The zero-order valence-corrected chi connectivity index (χ0v) is 11.3. The number of halogens is 1. The maximum atomic E-state index is 11.3. The van der Waals surface area contributed by atoms with E-state index in [4.69, 9.17) is 16.7 Å². The van der Waals surface area contributed by atoms with Gasteiger partial charge in [0.1, 0.15) is 0 Å². The lowest BCUT2D eigenvalue weighted by atomic mass is 10.1. The zero-order chi connectivity index (χ0) is 13.1. The standard InChI is InChI=1S/C12H14ClNO3S/c13-8-1-2-10(12(15)16)11(7-8)14-9-3-5-18(17)6-4-9/h1-2,7,9,14H,3-6H2,(H,15,16). The number of anilines is 1. The van der Waals surface area contributed by atoms with Crippen LogP contribution in [0.4, 0.5) is 5.69 Å². The van der Waals surface area contributed by atoms with Gasteiger partial charge in [0.2, 0.25) is 0 Å². The lowest BCUT2D eigenvalue weighted by Gasteiger charge is -2.24. The van der Waals surface area contributed by atoms with Gasteiger partial charge in [0, 0.05) is 33.4 Å². The second-order valence-electron chi connectivity index (χ2n) is 4.26. The van der Waals surface area contributed by atoms with Gasteiger partial charge in [-0.3, -0.25) is 4.21 Å².